The molecular formula is C6H5N7Zn. The molecule has 0 N–H and O–H groups in total. The summed E-state index contributed by atoms with van der Waals surface area (Å²) in [4.78, 5) is 8.94. The van der Waals surface area contributed by atoms with Gasteiger partial charge >= 0.3 is 0 Å². The minimum atomic E-state index is 0. The van der Waals surface area contributed by atoms with Crippen molar-refractivity contribution in [1.29, 1.82) is 0 Å². The van der Waals surface area contributed by atoms with Gasteiger partial charge < -0.3 is 0 Å². The number of nitrogens with zero attached hydrogens (tertiary/aromatic N) is 7. The number of aromatic nitrogens is 1. The predicted octanol–water partition coefficient (Wildman–Crippen LogP) is 3.27. The van der Waals surface area contributed by atoms with Gasteiger partial charge in [0.15, 0.2) is 0 Å². The predicted molar refractivity (Wildman–Crippen MR) is 46.6 cm³/mol. The smallest absolute Gasteiger partial charge is 0.136 e. The Balaban J connectivity index is 0.00000169. The molecule has 0 radical (unpaired) electrons. The summed E-state index contributed by atoms with van der Waals surface area (Å²) in [5, 5.41) is 6.67. The third-order valence-electron chi connectivity index (χ3n) is 1.39. The van der Waals surface area contributed by atoms with Crippen molar-refractivity contribution in [3.63, 3.8) is 0 Å². The Morgan fingerprint density at radius 2 is 1.93 bits per heavy atom. The number of hydrogen-bond acceptors (Lipinski definition) is 3. The van der Waals surface area contributed by atoms with Crippen LogP contribution in [0.4, 0.5) is 11.5 Å². The molecule has 0 fully saturated rings. The van der Waals surface area contributed by atoms with Crippen LogP contribution in [0, 0.1) is 6.92 Å². The second kappa shape index (κ2) is 5.94. The van der Waals surface area contributed by atoms with Crippen LogP contribution in [0.5, 0.6) is 0 Å². The molecule has 1 heterocycles. The minimum Gasteiger partial charge on any atom is -0.254 e. The number of azide groups is 2. The molecule has 1 rings (SSSR count). The maximum absolute atomic E-state index is 8.23. The summed E-state index contributed by atoms with van der Waals surface area (Å²) >= 11 is 0. The van der Waals surface area contributed by atoms with Crippen molar-refractivity contribution in [2.75, 3.05) is 0 Å². The molecule has 0 unspecified atom stereocenters. The van der Waals surface area contributed by atoms with E-state index in [1.165, 1.54) is 6.20 Å². The first-order valence-electron chi connectivity index (χ1n) is 3.35. The third kappa shape index (κ3) is 2.71. The Labute approximate surface area is 92.2 Å². The van der Waals surface area contributed by atoms with Gasteiger partial charge in [0.25, 0.3) is 0 Å². The number of hydrogen-bond donors (Lipinski definition) is 0. The molecule has 0 amide bonds. The Morgan fingerprint density at radius 3 is 2.50 bits per heavy atom. The fourth-order valence-electron chi connectivity index (χ4n) is 0.820. The molecule has 0 aromatic carbocycles. The van der Waals surface area contributed by atoms with Gasteiger partial charge in [-0.05, 0) is 34.7 Å². The van der Waals surface area contributed by atoms with E-state index in [2.05, 4.69) is 25.0 Å². The van der Waals surface area contributed by atoms with E-state index in [4.69, 9.17) is 11.1 Å². The summed E-state index contributed by atoms with van der Waals surface area (Å²) in [5.74, 6) is 0.0975. The fourth-order valence-corrected chi connectivity index (χ4v) is 0.820. The van der Waals surface area contributed by atoms with E-state index in [0.717, 1.165) is 5.56 Å². The number of rotatable bonds is 2. The Hall–Kier alpha value is -1.61. The molecule has 1 aromatic heterocycles. The minimum absolute atomic E-state index is 0. The second-order valence-corrected chi connectivity index (χ2v) is 2.18. The van der Waals surface area contributed by atoms with Crippen LogP contribution in [0.2, 0.25) is 0 Å². The van der Waals surface area contributed by atoms with Crippen molar-refractivity contribution in [2.45, 2.75) is 6.92 Å². The summed E-state index contributed by atoms with van der Waals surface area (Å²) < 4.78 is 0. The second-order valence-electron chi connectivity index (χ2n) is 2.18. The van der Waals surface area contributed by atoms with Crippen LogP contribution in [-0.4, -0.2) is 4.98 Å². The van der Waals surface area contributed by atoms with Gasteiger partial charge in [-0.2, -0.15) is 0 Å². The van der Waals surface area contributed by atoms with Gasteiger partial charge in [0.1, 0.15) is 5.82 Å². The van der Waals surface area contributed by atoms with Crippen molar-refractivity contribution in [1.82, 2.24) is 4.98 Å². The van der Waals surface area contributed by atoms with E-state index in [0.29, 0.717) is 0 Å². The average molecular weight is 241 g/mol. The van der Waals surface area contributed by atoms with Gasteiger partial charge in [0.05, 0.1) is 5.69 Å². The normalized spacial score (nSPS) is 7.79. The van der Waals surface area contributed by atoms with Gasteiger partial charge in [-0.15, -0.1) is 0 Å². The quantitative estimate of drug-likeness (QED) is 0.336. The topological polar surface area (TPSA) is 110 Å². The van der Waals surface area contributed by atoms with Crippen LogP contribution in [0.25, 0.3) is 20.9 Å². The van der Waals surface area contributed by atoms with E-state index in [1.54, 1.807) is 13.0 Å². The van der Waals surface area contributed by atoms with Crippen molar-refractivity contribution in [3.8, 4) is 0 Å². The van der Waals surface area contributed by atoms with Crippen LogP contribution >= 0.6 is 0 Å². The van der Waals surface area contributed by atoms with Crippen molar-refractivity contribution in [2.24, 2.45) is 10.2 Å². The molecule has 0 atom stereocenters. The van der Waals surface area contributed by atoms with Crippen LogP contribution < -0.4 is 0 Å². The standard InChI is InChI=1S/C6H5N7.Zn/c1-4-2-3-9-6(11-13-8)5(4)10-12-7;/h2-3H,1H3;. The van der Waals surface area contributed by atoms with Gasteiger partial charge in [0, 0.05) is 35.5 Å². The van der Waals surface area contributed by atoms with E-state index < -0.39 is 0 Å². The molecule has 0 saturated carbocycles. The zero-order chi connectivity index (χ0) is 9.68. The zero-order valence-corrected chi connectivity index (χ0v) is 10.5. The van der Waals surface area contributed by atoms with E-state index in [9.17, 15) is 0 Å². The Kier molecular flexibility index (Phi) is 5.26. The molecule has 66 valence electrons. The average Bonchev–Trinajstić information content (AvgIpc) is 2.11. The van der Waals surface area contributed by atoms with Gasteiger partial charge in [-0.25, -0.2) is 0 Å². The largest absolute Gasteiger partial charge is 0.254 e. The van der Waals surface area contributed by atoms with Crippen LogP contribution in [0.1, 0.15) is 5.56 Å². The maximum Gasteiger partial charge on any atom is 0.136 e. The molecule has 14 heavy (non-hydrogen) atoms. The molecule has 0 bridgehead atoms. The fraction of sp³-hybridized carbons (Fsp3) is 0.167. The van der Waals surface area contributed by atoms with Crippen LogP contribution in [0.3, 0.4) is 0 Å². The van der Waals surface area contributed by atoms with Gasteiger partial charge in [-0.1, -0.05) is 5.11 Å². The molecule has 0 aliphatic heterocycles. The Bertz CT molecular complexity index is 416. The zero-order valence-electron chi connectivity index (χ0n) is 7.49. The van der Waals surface area contributed by atoms with Crippen LogP contribution in [-0.2, 0) is 19.5 Å². The molecule has 0 spiro atoms. The van der Waals surface area contributed by atoms with E-state index in [1.807, 2.05) is 0 Å². The maximum atomic E-state index is 8.23. The summed E-state index contributed by atoms with van der Waals surface area (Å²) in [5.41, 5.74) is 17.4. The first kappa shape index (κ1) is 12.4. The van der Waals surface area contributed by atoms with Crippen LogP contribution in [0.15, 0.2) is 22.5 Å². The SMILES string of the molecule is Cc1ccnc(N=[N+]=[N-])c1N=[N+]=[N-].[Zn]. The Morgan fingerprint density at radius 1 is 1.29 bits per heavy atom. The summed E-state index contributed by atoms with van der Waals surface area (Å²) in [7, 11) is 0. The molecule has 8 heteroatoms. The van der Waals surface area contributed by atoms with E-state index in [-0.39, 0.29) is 31.0 Å². The number of pyridine rings is 1. The van der Waals surface area contributed by atoms with Crippen molar-refractivity contribution < 1.29 is 19.5 Å². The van der Waals surface area contributed by atoms with E-state index >= 15 is 0 Å². The molecule has 0 aliphatic rings. The third-order valence-corrected chi connectivity index (χ3v) is 1.39. The molecule has 0 saturated heterocycles. The summed E-state index contributed by atoms with van der Waals surface area (Å²) in [6.07, 6.45) is 1.48. The first-order chi connectivity index (χ1) is 6.29. The molecule has 0 aliphatic carbocycles. The number of aryl methyl sites for hydroxylation is 1. The van der Waals surface area contributed by atoms with Crippen molar-refractivity contribution in [3.05, 3.63) is 38.7 Å². The first-order valence-corrected chi connectivity index (χ1v) is 3.35. The molecule has 1 aromatic rings. The van der Waals surface area contributed by atoms with Gasteiger partial charge in [0.2, 0.25) is 0 Å². The summed E-state index contributed by atoms with van der Waals surface area (Å²) in [6.45, 7) is 1.74. The summed E-state index contributed by atoms with van der Waals surface area (Å²) in [6, 6.07) is 1.67. The molecule has 7 nitrogen and oxygen atoms in total. The molecular weight excluding hydrogens is 236 g/mol. The van der Waals surface area contributed by atoms with Gasteiger partial charge in [-0.3, -0.25) is 4.98 Å². The van der Waals surface area contributed by atoms with Crippen molar-refractivity contribution >= 4 is 11.5 Å². The monoisotopic (exact) mass is 239 g/mol.